The Morgan fingerprint density at radius 1 is 1.10 bits per heavy atom. The lowest BCUT2D eigenvalue weighted by molar-refractivity contribution is 0.624. The van der Waals surface area contributed by atoms with Crippen LogP contribution in [-0.2, 0) is 6.42 Å². The van der Waals surface area contributed by atoms with Crippen LogP contribution in [0.15, 0.2) is 48.5 Å². The SMILES string of the molecule is CC(Cc1cccc(F)c1)Nc1ccc(N(C)C)cc1. The molecule has 0 bridgehead atoms. The Bertz CT molecular complexity index is 549. The summed E-state index contributed by atoms with van der Waals surface area (Å²) in [6.07, 6.45) is 0.799. The number of anilines is 2. The van der Waals surface area contributed by atoms with Crippen LogP contribution in [0.4, 0.5) is 15.8 Å². The molecule has 1 unspecified atom stereocenters. The van der Waals surface area contributed by atoms with E-state index in [0.29, 0.717) is 0 Å². The van der Waals surface area contributed by atoms with Crippen molar-refractivity contribution < 1.29 is 4.39 Å². The highest BCUT2D eigenvalue weighted by atomic mass is 19.1. The molecule has 0 spiro atoms. The van der Waals surface area contributed by atoms with Gasteiger partial charge in [0.1, 0.15) is 5.82 Å². The van der Waals surface area contributed by atoms with E-state index >= 15 is 0 Å². The molecule has 0 saturated heterocycles. The highest BCUT2D eigenvalue weighted by Crippen LogP contribution is 2.17. The van der Waals surface area contributed by atoms with Crippen molar-refractivity contribution in [2.75, 3.05) is 24.3 Å². The second kappa shape index (κ2) is 6.42. The maximum absolute atomic E-state index is 13.1. The van der Waals surface area contributed by atoms with Gasteiger partial charge in [-0.3, -0.25) is 0 Å². The smallest absolute Gasteiger partial charge is 0.123 e. The number of hydrogen-bond acceptors (Lipinski definition) is 2. The Balaban J connectivity index is 1.95. The van der Waals surface area contributed by atoms with Crippen LogP contribution in [0.5, 0.6) is 0 Å². The van der Waals surface area contributed by atoms with E-state index in [4.69, 9.17) is 0 Å². The fourth-order valence-corrected chi connectivity index (χ4v) is 2.21. The van der Waals surface area contributed by atoms with Gasteiger partial charge in [-0.2, -0.15) is 0 Å². The summed E-state index contributed by atoms with van der Waals surface area (Å²) >= 11 is 0. The van der Waals surface area contributed by atoms with Gasteiger partial charge in [-0.1, -0.05) is 12.1 Å². The zero-order valence-corrected chi connectivity index (χ0v) is 12.2. The van der Waals surface area contributed by atoms with E-state index in [1.54, 1.807) is 12.1 Å². The second-order valence-electron chi connectivity index (χ2n) is 5.32. The van der Waals surface area contributed by atoms with E-state index in [9.17, 15) is 4.39 Å². The van der Waals surface area contributed by atoms with Crippen molar-refractivity contribution in [2.24, 2.45) is 0 Å². The molecular formula is C17H21FN2. The Morgan fingerprint density at radius 3 is 2.40 bits per heavy atom. The average molecular weight is 272 g/mol. The molecule has 0 amide bonds. The maximum atomic E-state index is 13.1. The molecule has 2 rings (SSSR count). The Hall–Kier alpha value is -2.03. The number of halogens is 1. The van der Waals surface area contributed by atoms with E-state index < -0.39 is 0 Å². The molecule has 106 valence electrons. The summed E-state index contributed by atoms with van der Waals surface area (Å²) in [7, 11) is 4.05. The summed E-state index contributed by atoms with van der Waals surface area (Å²) in [5.74, 6) is -0.176. The molecule has 0 aliphatic carbocycles. The summed E-state index contributed by atoms with van der Waals surface area (Å²) in [5, 5.41) is 3.43. The van der Waals surface area contributed by atoms with Crippen LogP contribution in [-0.4, -0.2) is 20.1 Å². The minimum atomic E-state index is -0.176. The van der Waals surface area contributed by atoms with Gasteiger partial charge < -0.3 is 10.2 Å². The van der Waals surface area contributed by atoms with Crippen LogP contribution < -0.4 is 10.2 Å². The van der Waals surface area contributed by atoms with Crippen molar-refractivity contribution in [2.45, 2.75) is 19.4 Å². The van der Waals surface area contributed by atoms with Crippen LogP contribution in [0, 0.1) is 5.82 Å². The summed E-state index contributed by atoms with van der Waals surface area (Å²) in [6, 6.07) is 15.3. The minimum Gasteiger partial charge on any atom is -0.382 e. The lowest BCUT2D eigenvalue weighted by atomic mass is 10.1. The first-order valence-electron chi connectivity index (χ1n) is 6.83. The topological polar surface area (TPSA) is 15.3 Å². The number of hydrogen-bond donors (Lipinski definition) is 1. The molecule has 0 saturated carbocycles. The molecule has 0 aromatic heterocycles. The van der Waals surface area contributed by atoms with E-state index in [-0.39, 0.29) is 11.9 Å². The monoisotopic (exact) mass is 272 g/mol. The molecule has 2 nitrogen and oxygen atoms in total. The maximum Gasteiger partial charge on any atom is 0.123 e. The van der Waals surface area contributed by atoms with Crippen LogP contribution >= 0.6 is 0 Å². The first-order valence-corrected chi connectivity index (χ1v) is 6.83. The van der Waals surface area contributed by atoms with E-state index in [1.807, 2.05) is 20.2 Å². The van der Waals surface area contributed by atoms with Crippen molar-refractivity contribution in [1.29, 1.82) is 0 Å². The Labute approximate surface area is 120 Å². The van der Waals surface area contributed by atoms with E-state index in [2.05, 4.69) is 41.4 Å². The molecule has 1 atom stereocenters. The number of benzene rings is 2. The molecule has 0 fully saturated rings. The summed E-state index contributed by atoms with van der Waals surface area (Å²) in [5.41, 5.74) is 3.27. The third-order valence-corrected chi connectivity index (χ3v) is 3.23. The number of nitrogens with one attached hydrogen (secondary N) is 1. The van der Waals surface area contributed by atoms with Crippen LogP contribution in [0.3, 0.4) is 0 Å². The molecule has 0 heterocycles. The average Bonchev–Trinajstić information content (AvgIpc) is 2.39. The normalized spacial score (nSPS) is 12.0. The molecule has 3 heteroatoms. The van der Waals surface area contributed by atoms with Gasteiger partial charge >= 0.3 is 0 Å². The van der Waals surface area contributed by atoms with Gasteiger partial charge in [0.05, 0.1) is 0 Å². The third kappa shape index (κ3) is 3.98. The van der Waals surface area contributed by atoms with Crippen molar-refractivity contribution >= 4 is 11.4 Å². The molecule has 0 radical (unpaired) electrons. The van der Waals surface area contributed by atoms with Crippen molar-refractivity contribution in [3.8, 4) is 0 Å². The molecule has 0 aliphatic rings. The first kappa shape index (κ1) is 14.4. The van der Waals surface area contributed by atoms with Crippen LogP contribution in [0.1, 0.15) is 12.5 Å². The lowest BCUT2D eigenvalue weighted by Crippen LogP contribution is -2.18. The summed E-state index contributed by atoms with van der Waals surface area (Å²) in [6.45, 7) is 2.10. The quantitative estimate of drug-likeness (QED) is 0.887. The Morgan fingerprint density at radius 2 is 1.80 bits per heavy atom. The summed E-state index contributed by atoms with van der Waals surface area (Å²) < 4.78 is 13.1. The highest BCUT2D eigenvalue weighted by Gasteiger charge is 2.05. The van der Waals surface area contributed by atoms with Gasteiger partial charge in [-0.15, -0.1) is 0 Å². The van der Waals surface area contributed by atoms with E-state index in [1.165, 1.54) is 11.8 Å². The number of nitrogens with zero attached hydrogens (tertiary/aromatic N) is 1. The van der Waals surface area contributed by atoms with Crippen molar-refractivity contribution in [3.05, 3.63) is 59.9 Å². The fraction of sp³-hybridized carbons (Fsp3) is 0.294. The molecule has 0 aliphatic heterocycles. The molecule has 20 heavy (non-hydrogen) atoms. The molecular weight excluding hydrogens is 251 g/mol. The van der Waals surface area contributed by atoms with Crippen molar-refractivity contribution in [1.82, 2.24) is 0 Å². The Kier molecular flexibility index (Phi) is 4.61. The minimum absolute atomic E-state index is 0.176. The third-order valence-electron chi connectivity index (χ3n) is 3.23. The number of rotatable bonds is 5. The molecule has 2 aromatic carbocycles. The van der Waals surface area contributed by atoms with Gasteiger partial charge in [-0.25, -0.2) is 4.39 Å². The van der Waals surface area contributed by atoms with Gasteiger partial charge in [0, 0.05) is 31.5 Å². The largest absolute Gasteiger partial charge is 0.382 e. The highest BCUT2D eigenvalue weighted by molar-refractivity contribution is 5.54. The van der Waals surface area contributed by atoms with Crippen molar-refractivity contribution in [3.63, 3.8) is 0 Å². The van der Waals surface area contributed by atoms with Crippen LogP contribution in [0.25, 0.3) is 0 Å². The zero-order chi connectivity index (χ0) is 14.5. The molecule has 2 aromatic rings. The predicted octanol–water partition coefficient (Wildman–Crippen LogP) is 3.93. The molecule has 1 N–H and O–H groups in total. The predicted molar refractivity (Wildman–Crippen MR) is 84.0 cm³/mol. The van der Waals surface area contributed by atoms with Gasteiger partial charge in [0.2, 0.25) is 0 Å². The van der Waals surface area contributed by atoms with E-state index in [0.717, 1.165) is 17.7 Å². The van der Waals surface area contributed by atoms with Gasteiger partial charge in [0.25, 0.3) is 0 Å². The first-order chi connectivity index (χ1) is 9.54. The fourth-order valence-electron chi connectivity index (χ4n) is 2.21. The van der Waals surface area contributed by atoms with Gasteiger partial charge in [-0.05, 0) is 55.3 Å². The summed E-state index contributed by atoms with van der Waals surface area (Å²) in [4.78, 5) is 2.07. The van der Waals surface area contributed by atoms with Gasteiger partial charge in [0.15, 0.2) is 0 Å². The standard InChI is InChI=1S/C17H21FN2/c1-13(11-14-5-4-6-15(18)12-14)19-16-7-9-17(10-8-16)20(2)3/h4-10,12-13,19H,11H2,1-3H3. The second-order valence-corrected chi connectivity index (χ2v) is 5.32. The zero-order valence-electron chi connectivity index (χ0n) is 12.2. The van der Waals surface area contributed by atoms with Crippen LogP contribution in [0.2, 0.25) is 0 Å². The lowest BCUT2D eigenvalue weighted by Gasteiger charge is -2.17.